The zero-order valence-electron chi connectivity index (χ0n) is 9.34. The van der Waals surface area contributed by atoms with Crippen molar-refractivity contribution in [2.45, 2.75) is 13.8 Å². The molecule has 1 aromatic rings. The zero-order chi connectivity index (χ0) is 13.4. The summed E-state index contributed by atoms with van der Waals surface area (Å²) in [6, 6.07) is 5.98. The summed E-state index contributed by atoms with van der Waals surface area (Å²) < 4.78 is 4.69. The summed E-state index contributed by atoms with van der Waals surface area (Å²) in [5, 5.41) is 16.1. The Bertz CT molecular complexity index is 420. The van der Waals surface area contributed by atoms with Crippen LogP contribution in [0.3, 0.4) is 0 Å². The van der Waals surface area contributed by atoms with Crippen molar-refractivity contribution in [1.29, 1.82) is 0 Å². The summed E-state index contributed by atoms with van der Waals surface area (Å²) >= 11 is 0. The normalized spacial score (nSPS) is 8.59. The fourth-order valence-electron chi connectivity index (χ4n) is 0.887. The lowest BCUT2D eigenvalue weighted by Crippen LogP contribution is -2.06. The molecule has 0 saturated heterocycles. The smallest absolute Gasteiger partial charge is 0.339 e. The van der Waals surface area contributed by atoms with Gasteiger partial charge in [0.2, 0.25) is 0 Å². The van der Waals surface area contributed by atoms with Crippen molar-refractivity contribution in [3.05, 3.63) is 29.8 Å². The summed E-state index contributed by atoms with van der Waals surface area (Å²) in [4.78, 5) is 30.2. The SMILES string of the molecule is CC(=O)O.CC(=O)Oc1ccccc1C(=O)O. The average molecular weight is 240 g/mol. The predicted octanol–water partition coefficient (Wildman–Crippen LogP) is 1.40. The Labute approximate surface area is 97.4 Å². The number of para-hydroxylation sites is 1. The lowest BCUT2D eigenvalue weighted by Gasteiger charge is -2.03. The van der Waals surface area contributed by atoms with Gasteiger partial charge in [0.05, 0.1) is 0 Å². The number of carboxylic acid groups (broad SMARTS) is 2. The van der Waals surface area contributed by atoms with Crippen molar-refractivity contribution in [2.24, 2.45) is 0 Å². The number of aromatic carboxylic acids is 1. The molecular weight excluding hydrogens is 228 g/mol. The molecule has 0 saturated carbocycles. The highest BCUT2D eigenvalue weighted by Gasteiger charge is 2.10. The Morgan fingerprint density at radius 3 is 1.94 bits per heavy atom. The number of benzene rings is 1. The highest BCUT2D eigenvalue weighted by molar-refractivity contribution is 5.91. The van der Waals surface area contributed by atoms with Crippen LogP contribution in [-0.4, -0.2) is 28.1 Å². The first-order chi connectivity index (χ1) is 7.84. The fourth-order valence-corrected chi connectivity index (χ4v) is 0.887. The molecule has 1 aromatic carbocycles. The maximum atomic E-state index is 10.6. The summed E-state index contributed by atoms with van der Waals surface area (Å²) in [7, 11) is 0. The van der Waals surface area contributed by atoms with Gasteiger partial charge in [-0.2, -0.15) is 0 Å². The van der Waals surface area contributed by atoms with Crippen LogP contribution in [0.1, 0.15) is 24.2 Å². The van der Waals surface area contributed by atoms with Gasteiger partial charge >= 0.3 is 11.9 Å². The van der Waals surface area contributed by atoms with Gasteiger partial charge in [-0.25, -0.2) is 4.79 Å². The molecule has 0 fully saturated rings. The molecular formula is C11H12O6. The van der Waals surface area contributed by atoms with Crippen LogP contribution in [0.4, 0.5) is 0 Å². The van der Waals surface area contributed by atoms with Crippen LogP contribution >= 0.6 is 0 Å². The zero-order valence-corrected chi connectivity index (χ0v) is 9.34. The molecule has 92 valence electrons. The Hall–Kier alpha value is -2.37. The van der Waals surface area contributed by atoms with Gasteiger partial charge in [-0.15, -0.1) is 0 Å². The van der Waals surface area contributed by atoms with Crippen molar-refractivity contribution >= 4 is 17.9 Å². The summed E-state index contributed by atoms with van der Waals surface area (Å²) in [6.07, 6.45) is 0. The van der Waals surface area contributed by atoms with Gasteiger partial charge in [0.15, 0.2) is 0 Å². The molecule has 0 aliphatic carbocycles. The number of hydrogen-bond acceptors (Lipinski definition) is 4. The van der Waals surface area contributed by atoms with Crippen molar-refractivity contribution < 1.29 is 29.3 Å². The van der Waals surface area contributed by atoms with Crippen molar-refractivity contribution in [3.8, 4) is 5.75 Å². The number of esters is 1. The number of carbonyl (C=O) groups is 3. The number of ether oxygens (including phenoxy) is 1. The van der Waals surface area contributed by atoms with E-state index in [9.17, 15) is 9.59 Å². The molecule has 0 aliphatic heterocycles. The first kappa shape index (κ1) is 14.6. The quantitative estimate of drug-likeness (QED) is 0.598. The molecule has 0 spiro atoms. The van der Waals surface area contributed by atoms with Crippen molar-refractivity contribution in [3.63, 3.8) is 0 Å². The van der Waals surface area contributed by atoms with Gasteiger partial charge < -0.3 is 14.9 Å². The molecule has 6 nitrogen and oxygen atoms in total. The van der Waals surface area contributed by atoms with E-state index in [0.717, 1.165) is 6.92 Å². The van der Waals surface area contributed by atoms with Gasteiger partial charge in [-0.3, -0.25) is 9.59 Å². The Kier molecular flexibility index (Phi) is 6.02. The second-order valence-corrected chi connectivity index (χ2v) is 2.91. The number of carbonyl (C=O) groups excluding carboxylic acids is 1. The highest BCUT2D eigenvalue weighted by atomic mass is 16.5. The molecule has 0 heterocycles. The summed E-state index contributed by atoms with van der Waals surface area (Å²) in [5.41, 5.74) is -0.0160. The van der Waals surface area contributed by atoms with Crippen LogP contribution < -0.4 is 4.74 Å². The van der Waals surface area contributed by atoms with Crippen molar-refractivity contribution in [1.82, 2.24) is 0 Å². The number of hydrogen-bond donors (Lipinski definition) is 2. The third kappa shape index (κ3) is 6.67. The van der Waals surface area contributed by atoms with Gasteiger partial charge in [0.1, 0.15) is 11.3 Å². The molecule has 0 aromatic heterocycles. The molecule has 17 heavy (non-hydrogen) atoms. The van der Waals surface area contributed by atoms with Crippen LogP contribution in [0.2, 0.25) is 0 Å². The van der Waals surface area contributed by atoms with E-state index in [0.29, 0.717) is 0 Å². The summed E-state index contributed by atoms with van der Waals surface area (Å²) in [6.45, 7) is 2.30. The molecule has 0 amide bonds. The molecule has 0 bridgehead atoms. The van der Waals surface area contributed by atoms with E-state index >= 15 is 0 Å². The van der Waals surface area contributed by atoms with Gasteiger partial charge in [0, 0.05) is 13.8 Å². The topological polar surface area (TPSA) is 101 Å². The standard InChI is InChI=1S/C9H8O4.C2H4O2/c1-6(10)13-8-5-3-2-4-7(8)9(11)12;1-2(3)4/h2-5H,1H3,(H,11,12);1H3,(H,3,4). The van der Waals surface area contributed by atoms with Crippen LogP contribution in [0.5, 0.6) is 5.75 Å². The fraction of sp³-hybridized carbons (Fsp3) is 0.182. The number of aliphatic carboxylic acids is 1. The molecule has 0 aliphatic rings. The second kappa shape index (κ2) is 7.00. The number of rotatable bonds is 2. The highest BCUT2D eigenvalue weighted by Crippen LogP contribution is 2.17. The second-order valence-electron chi connectivity index (χ2n) is 2.91. The minimum Gasteiger partial charge on any atom is -0.481 e. The van der Waals surface area contributed by atoms with Gasteiger partial charge in [-0.1, -0.05) is 12.1 Å². The largest absolute Gasteiger partial charge is 0.481 e. The van der Waals surface area contributed by atoms with Crippen molar-refractivity contribution in [2.75, 3.05) is 0 Å². The van der Waals surface area contributed by atoms with Crippen LogP contribution in [-0.2, 0) is 9.59 Å². The van der Waals surface area contributed by atoms with E-state index in [1.807, 2.05) is 0 Å². The van der Waals surface area contributed by atoms with E-state index < -0.39 is 17.9 Å². The van der Waals surface area contributed by atoms with E-state index in [1.54, 1.807) is 12.1 Å². The molecule has 0 radical (unpaired) electrons. The lowest BCUT2D eigenvalue weighted by molar-refractivity contribution is -0.134. The Morgan fingerprint density at radius 1 is 1.06 bits per heavy atom. The van der Waals surface area contributed by atoms with E-state index in [1.165, 1.54) is 19.1 Å². The lowest BCUT2D eigenvalue weighted by atomic mass is 10.2. The summed E-state index contributed by atoms with van der Waals surface area (Å²) in [5.74, 6) is -2.41. The van der Waals surface area contributed by atoms with E-state index in [4.69, 9.17) is 15.0 Å². The molecule has 2 N–H and O–H groups in total. The van der Waals surface area contributed by atoms with Crippen LogP contribution in [0.15, 0.2) is 24.3 Å². The first-order valence-corrected chi connectivity index (χ1v) is 4.55. The number of carboxylic acids is 2. The monoisotopic (exact) mass is 240 g/mol. The Morgan fingerprint density at radius 2 is 1.53 bits per heavy atom. The maximum Gasteiger partial charge on any atom is 0.339 e. The molecule has 6 heteroatoms. The third-order valence-electron chi connectivity index (χ3n) is 1.37. The first-order valence-electron chi connectivity index (χ1n) is 4.55. The van der Waals surface area contributed by atoms with E-state index in [2.05, 4.69) is 4.74 Å². The predicted molar refractivity (Wildman–Crippen MR) is 58.0 cm³/mol. The minimum atomic E-state index is -1.11. The molecule has 0 atom stereocenters. The average Bonchev–Trinajstić information content (AvgIpc) is 2.16. The van der Waals surface area contributed by atoms with Gasteiger partial charge in [0.25, 0.3) is 5.97 Å². The van der Waals surface area contributed by atoms with Gasteiger partial charge in [-0.05, 0) is 12.1 Å². The molecule has 1 rings (SSSR count). The van der Waals surface area contributed by atoms with E-state index in [-0.39, 0.29) is 11.3 Å². The third-order valence-corrected chi connectivity index (χ3v) is 1.37. The maximum absolute atomic E-state index is 10.6. The van der Waals surface area contributed by atoms with Crippen LogP contribution in [0, 0.1) is 0 Å². The minimum absolute atomic E-state index is 0.0160. The Balaban J connectivity index is 0.000000557. The van der Waals surface area contributed by atoms with Crippen LogP contribution in [0.25, 0.3) is 0 Å². The molecule has 0 unspecified atom stereocenters.